The van der Waals surface area contributed by atoms with Gasteiger partial charge in [0, 0.05) is 0 Å². The summed E-state index contributed by atoms with van der Waals surface area (Å²) in [4.78, 5) is 11.0. The van der Waals surface area contributed by atoms with Gasteiger partial charge < -0.3 is 10.4 Å². The number of carboxylic acids is 1. The Hall–Kier alpha value is -0.570. The van der Waals surface area contributed by atoms with Crippen molar-refractivity contribution in [1.29, 1.82) is 0 Å². The Bertz CT molecular complexity index is 207. The van der Waals surface area contributed by atoms with Gasteiger partial charge >= 0.3 is 5.97 Å². The van der Waals surface area contributed by atoms with Crippen LogP contribution in [0.4, 0.5) is 0 Å². The van der Waals surface area contributed by atoms with Crippen molar-refractivity contribution < 1.29 is 9.90 Å². The lowest BCUT2D eigenvalue weighted by atomic mass is 9.86. The molecule has 1 saturated heterocycles. The van der Waals surface area contributed by atoms with Crippen LogP contribution in [0, 0.1) is 17.8 Å². The highest BCUT2D eigenvalue weighted by Crippen LogP contribution is 2.40. The van der Waals surface area contributed by atoms with Crippen LogP contribution in [0.2, 0.25) is 0 Å². The first-order chi connectivity index (χ1) is 6.77. The van der Waals surface area contributed by atoms with E-state index < -0.39 is 5.97 Å². The minimum absolute atomic E-state index is 0.0556. The van der Waals surface area contributed by atoms with E-state index in [0.29, 0.717) is 11.8 Å². The molecule has 2 rings (SSSR count). The molecule has 3 heteroatoms. The predicted molar refractivity (Wildman–Crippen MR) is 54.1 cm³/mol. The second kappa shape index (κ2) is 4.30. The largest absolute Gasteiger partial charge is 0.481 e. The summed E-state index contributed by atoms with van der Waals surface area (Å²) >= 11 is 0. The van der Waals surface area contributed by atoms with E-state index in [1.165, 1.54) is 12.8 Å². The van der Waals surface area contributed by atoms with Gasteiger partial charge in [-0.3, -0.25) is 4.79 Å². The fourth-order valence-electron chi connectivity index (χ4n) is 2.48. The minimum Gasteiger partial charge on any atom is -0.481 e. The van der Waals surface area contributed by atoms with Gasteiger partial charge in [0.2, 0.25) is 0 Å². The average molecular weight is 197 g/mol. The molecule has 1 aliphatic heterocycles. The molecule has 2 aliphatic rings. The van der Waals surface area contributed by atoms with E-state index in [1.54, 1.807) is 0 Å². The van der Waals surface area contributed by atoms with Crippen LogP contribution in [0.5, 0.6) is 0 Å². The van der Waals surface area contributed by atoms with Crippen molar-refractivity contribution in [2.75, 3.05) is 13.1 Å². The Morgan fingerprint density at radius 1 is 1.43 bits per heavy atom. The van der Waals surface area contributed by atoms with Crippen LogP contribution < -0.4 is 5.32 Å². The van der Waals surface area contributed by atoms with Crippen molar-refractivity contribution >= 4 is 5.97 Å². The minimum atomic E-state index is -0.571. The van der Waals surface area contributed by atoms with Crippen LogP contribution >= 0.6 is 0 Å². The molecular formula is C11H19NO2. The Morgan fingerprint density at radius 3 is 2.71 bits per heavy atom. The molecule has 1 saturated carbocycles. The number of piperidine rings is 1. The third kappa shape index (κ3) is 2.47. The molecule has 2 atom stereocenters. The number of hydrogen-bond acceptors (Lipinski definition) is 2. The van der Waals surface area contributed by atoms with Crippen LogP contribution in [0.3, 0.4) is 0 Å². The Labute approximate surface area is 84.9 Å². The van der Waals surface area contributed by atoms with E-state index in [9.17, 15) is 4.79 Å². The smallest absolute Gasteiger partial charge is 0.306 e. The van der Waals surface area contributed by atoms with Crippen LogP contribution in [0.25, 0.3) is 0 Å². The third-order valence-electron chi connectivity index (χ3n) is 3.49. The summed E-state index contributed by atoms with van der Waals surface area (Å²) in [6.07, 6.45) is 5.59. The van der Waals surface area contributed by atoms with Crippen LogP contribution in [-0.4, -0.2) is 24.2 Å². The molecule has 0 bridgehead atoms. The molecule has 0 aromatic carbocycles. The highest BCUT2D eigenvalue weighted by Gasteiger charge is 2.37. The fourth-order valence-corrected chi connectivity index (χ4v) is 2.48. The summed E-state index contributed by atoms with van der Waals surface area (Å²) < 4.78 is 0. The predicted octanol–water partition coefficient (Wildman–Crippen LogP) is 1.49. The Morgan fingerprint density at radius 2 is 2.21 bits per heavy atom. The van der Waals surface area contributed by atoms with E-state index >= 15 is 0 Å². The van der Waals surface area contributed by atoms with E-state index in [0.717, 1.165) is 32.4 Å². The molecule has 14 heavy (non-hydrogen) atoms. The molecule has 0 spiro atoms. The van der Waals surface area contributed by atoms with Gasteiger partial charge in [0.25, 0.3) is 0 Å². The van der Waals surface area contributed by atoms with Gasteiger partial charge in [0.1, 0.15) is 0 Å². The summed E-state index contributed by atoms with van der Waals surface area (Å²) in [5.74, 6) is 0.470. The molecule has 2 unspecified atom stereocenters. The average Bonchev–Trinajstić information content (AvgIpc) is 2.99. The Kier molecular flexibility index (Phi) is 3.06. The van der Waals surface area contributed by atoms with Crippen LogP contribution in [0.15, 0.2) is 0 Å². The van der Waals surface area contributed by atoms with Gasteiger partial charge in [-0.2, -0.15) is 0 Å². The van der Waals surface area contributed by atoms with E-state index in [-0.39, 0.29) is 5.92 Å². The second-order valence-electron chi connectivity index (χ2n) is 4.73. The molecule has 80 valence electrons. The molecule has 1 aliphatic carbocycles. The second-order valence-corrected chi connectivity index (χ2v) is 4.73. The summed E-state index contributed by atoms with van der Waals surface area (Å²) in [5.41, 5.74) is 0. The van der Waals surface area contributed by atoms with Crippen molar-refractivity contribution in [1.82, 2.24) is 5.32 Å². The molecular weight excluding hydrogens is 178 g/mol. The van der Waals surface area contributed by atoms with Gasteiger partial charge in [-0.25, -0.2) is 0 Å². The van der Waals surface area contributed by atoms with Gasteiger partial charge in [-0.05, 0) is 57.0 Å². The van der Waals surface area contributed by atoms with Crippen LogP contribution in [0.1, 0.15) is 32.1 Å². The molecule has 3 nitrogen and oxygen atoms in total. The molecule has 0 aromatic rings. The number of carboxylic acid groups (broad SMARTS) is 1. The summed E-state index contributed by atoms with van der Waals surface area (Å²) in [5, 5.41) is 12.4. The maximum Gasteiger partial charge on any atom is 0.306 e. The highest BCUT2D eigenvalue weighted by atomic mass is 16.4. The Balaban J connectivity index is 1.82. The number of carbonyl (C=O) groups is 1. The van der Waals surface area contributed by atoms with E-state index in [1.807, 2.05) is 0 Å². The first-order valence-electron chi connectivity index (χ1n) is 5.71. The molecule has 1 heterocycles. The normalized spacial score (nSPS) is 29.9. The van der Waals surface area contributed by atoms with Crippen molar-refractivity contribution in [2.45, 2.75) is 32.1 Å². The van der Waals surface area contributed by atoms with Crippen LogP contribution in [-0.2, 0) is 4.79 Å². The zero-order valence-corrected chi connectivity index (χ0v) is 8.54. The van der Waals surface area contributed by atoms with Crippen molar-refractivity contribution in [3.63, 3.8) is 0 Å². The fraction of sp³-hybridized carbons (Fsp3) is 0.909. The molecule has 2 fully saturated rings. The maximum absolute atomic E-state index is 11.0. The first-order valence-corrected chi connectivity index (χ1v) is 5.71. The van der Waals surface area contributed by atoms with E-state index in [4.69, 9.17) is 5.11 Å². The standard InChI is InChI=1S/C11H19NO2/c13-11(14)10(9-3-4-9)6-8-2-1-5-12-7-8/h8-10,12H,1-7H2,(H,13,14). The maximum atomic E-state index is 11.0. The van der Waals surface area contributed by atoms with Crippen molar-refractivity contribution in [2.24, 2.45) is 17.8 Å². The first kappa shape index (κ1) is 9.97. The lowest BCUT2D eigenvalue weighted by Gasteiger charge is -2.25. The topological polar surface area (TPSA) is 49.3 Å². The van der Waals surface area contributed by atoms with E-state index in [2.05, 4.69) is 5.32 Å². The van der Waals surface area contributed by atoms with Gasteiger partial charge in [-0.15, -0.1) is 0 Å². The molecule has 0 radical (unpaired) electrons. The SMILES string of the molecule is O=C(O)C(CC1CCCNC1)C1CC1. The lowest BCUT2D eigenvalue weighted by molar-refractivity contribution is -0.143. The quantitative estimate of drug-likeness (QED) is 0.718. The van der Waals surface area contributed by atoms with Gasteiger partial charge in [0.05, 0.1) is 5.92 Å². The summed E-state index contributed by atoms with van der Waals surface area (Å²) in [6, 6.07) is 0. The van der Waals surface area contributed by atoms with Crippen molar-refractivity contribution in [3.8, 4) is 0 Å². The third-order valence-corrected chi connectivity index (χ3v) is 3.49. The van der Waals surface area contributed by atoms with Gasteiger partial charge in [0.15, 0.2) is 0 Å². The zero-order valence-electron chi connectivity index (χ0n) is 8.54. The number of hydrogen-bond donors (Lipinski definition) is 2. The van der Waals surface area contributed by atoms with Gasteiger partial charge in [-0.1, -0.05) is 0 Å². The summed E-state index contributed by atoms with van der Waals surface area (Å²) in [6.45, 7) is 2.13. The molecule has 2 N–H and O–H groups in total. The number of nitrogens with one attached hydrogen (secondary N) is 1. The molecule has 0 aromatic heterocycles. The number of rotatable bonds is 4. The summed E-state index contributed by atoms with van der Waals surface area (Å²) in [7, 11) is 0. The molecule has 0 amide bonds. The monoisotopic (exact) mass is 197 g/mol. The zero-order chi connectivity index (χ0) is 9.97. The van der Waals surface area contributed by atoms with Crippen molar-refractivity contribution in [3.05, 3.63) is 0 Å². The highest BCUT2D eigenvalue weighted by molar-refractivity contribution is 5.70. The number of aliphatic carboxylic acids is 1. The lowest BCUT2D eigenvalue weighted by Crippen LogP contribution is -2.32.